The normalized spacial score (nSPS) is 8.91. The average molecular weight is 286 g/mol. The van der Waals surface area contributed by atoms with Crippen LogP contribution in [0.25, 0.3) is 0 Å². The Labute approximate surface area is 83.3 Å². The van der Waals surface area contributed by atoms with E-state index in [2.05, 4.69) is 20.9 Å². The summed E-state index contributed by atoms with van der Waals surface area (Å²) in [4.78, 5) is 14.2. The van der Waals surface area contributed by atoms with Gasteiger partial charge in [-0.25, -0.2) is 4.98 Å². The van der Waals surface area contributed by atoms with Crippen molar-refractivity contribution in [3.05, 3.63) is 21.2 Å². The smallest absolute Gasteiger partial charge is 1.00 e. The molecule has 0 saturated heterocycles. The van der Waals surface area contributed by atoms with Gasteiger partial charge in [-0.05, 0) is 15.9 Å². The fourth-order valence-electron chi connectivity index (χ4n) is 0.554. The van der Waals surface area contributed by atoms with Gasteiger partial charge in [0.2, 0.25) is 0 Å². The van der Waals surface area contributed by atoms with Gasteiger partial charge in [0.25, 0.3) is 5.88 Å². The Balaban J connectivity index is 0. The molecule has 62 valence electrons. The molecule has 0 radical (unpaired) electrons. The molecule has 0 bridgehead atoms. The van der Waals surface area contributed by atoms with Gasteiger partial charge in [0.1, 0.15) is 4.60 Å². The highest BCUT2D eigenvalue weighted by Gasteiger charge is 2.00. The van der Waals surface area contributed by atoms with E-state index in [-0.39, 0.29) is 18.4 Å². The molecule has 0 unspecified atom stereocenters. The molecule has 6 heteroatoms. The van der Waals surface area contributed by atoms with E-state index in [1.54, 1.807) is 0 Å². The summed E-state index contributed by atoms with van der Waals surface area (Å²) in [7, 11) is 1.54. The molecule has 1 N–H and O–H groups in total. The lowest BCUT2D eigenvalue weighted by atomic mass is 10.7. The van der Waals surface area contributed by atoms with Crippen molar-refractivity contribution in [3.8, 4) is 5.88 Å². The molecule has 1 aromatic rings. The summed E-state index contributed by atoms with van der Waals surface area (Å²) in [5.74, 6) is -0.489. The Hall–Kier alpha value is -0.360. The molecule has 4 nitrogen and oxygen atoms in total. The summed E-state index contributed by atoms with van der Waals surface area (Å²) in [6.45, 7) is 0. The van der Waals surface area contributed by atoms with Crippen LogP contribution in [0.3, 0.4) is 0 Å². The maximum Gasteiger partial charge on any atom is 1.00 e. The number of rotatable bonds is 0. The van der Waals surface area contributed by atoms with Gasteiger partial charge in [0.15, 0.2) is 0 Å². The minimum Gasteiger partial charge on any atom is -1.00 e. The lowest BCUT2D eigenvalue weighted by molar-refractivity contribution is -0.00000332. The highest BCUT2D eigenvalue weighted by Crippen LogP contribution is 2.04. The van der Waals surface area contributed by atoms with Gasteiger partial charge in [-0.15, -0.1) is 0 Å². The monoisotopic (exact) mass is 284 g/mol. The van der Waals surface area contributed by atoms with Crippen LogP contribution in [0.5, 0.6) is 5.88 Å². The van der Waals surface area contributed by atoms with E-state index in [0.717, 1.165) is 0 Å². The van der Waals surface area contributed by atoms with Gasteiger partial charge in [-0.3, -0.25) is 4.79 Å². The van der Waals surface area contributed by atoms with Crippen molar-refractivity contribution in [2.24, 2.45) is 7.05 Å². The van der Waals surface area contributed by atoms with Crippen LogP contribution in [0.4, 0.5) is 0 Å². The molecular weight excluding hydrogens is 280 g/mol. The summed E-state index contributed by atoms with van der Waals surface area (Å²) in [6.07, 6.45) is 1.47. The van der Waals surface area contributed by atoms with Crippen molar-refractivity contribution in [2.45, 2.75) is 0 Å². The van der Waals surface area contributed by atoms with Crippen LogP contribution >= 0.6 is 15.9 Å². The Bertz CT molecular complexity index is 289. The number of hydrogen-bond acceptors (Lipinski definition) is 3. The second-order valence-corrected chi connectivity index (χ2v) is 2.62. The molecule has 1 rings (SSSR count). The van der Waals surface area contributed by atoms with Crippen molar-refractivity contribution < 1.29 is 23.5 Å². The van der Waals surface area contributed by atoms with E-state index in [9.17, 15) is 4.79 Å². The molecule has 0 aliphatic heterocycles. The van der Waals surface area contributed by atoms with Crippen LogP contribution < -0.4 is 22.5 Å². The van der Waals surface area contributed by atoms with Crippen molar-refractivity contribution in [1.82, 2.24) is 9.55 Å². The third kappa shape index (κ3) is 2.30. The van der Waals surface area contributed by atoms with E-state index < -0.39 is 11.4 Å². The van der Waals surface area contributed by atoms with Crippen LogP contribution in [0.1, 0.15) is 1.43 Å². The lowest BCUT2D eigenvalue weighted by Crippen LogP contribution is -3.00. The van der Waals surface area contributed by atoms with Crippen molar-refractivity contribution >= 4 is 15.9 Å². The average Bonchev–Trinajstić information content (AvgIpc) is 1.82. The molecule has 11 heavy (non-hydrogen) atoms. The first kappa shape index (κ1) is 10.6. The summed E-state index contributed by atoms with van der Waals surface area (Å²) in [5.41, 5.74) is -0.497. The minimum atomic E-state index is -0.497. The zero-order valence-corrected chi connectivity index (χ0v) is 8.76. The number of aromatic nitrogens is 2. The molecule has 1 aromatic heterocycles. The lowest BCUT2D eigenvalue weighted by Gasteiger charge is -1.96. The van der Waals surface area contributed by atoms with Crippen molar-refractivity contribution in [2.75, 3.05) is 0 Å². The van der Waals surface area contributed by atoms with Gasteiger partial charge < -0.3 is 26.7 Å². The number of hydrogen-bond donors (Lipinski definition) is 1. The number of halogens is 2. The SMILES string of the molecule is Cn1cc(Br)nc(O)c1=O.[Br-].[H+]. The van der Waals surface area contributed by atoms with Gasteiger partial charge >= 0.3 is 6.99 Å². The van der Waals surface area contributed by atoms with E-state index in [1.807, 2.05) is 0 Å². The van der Waals surface area contributed by atoms with E-state index >= 15 is 0 Å². The first-order valence-electron chi connectivity index (χ1n) is 2.53. The summed E-state index contributed by atoms with van der Waals surface area (Å²) in [6, 6.07) is 0. The van der Waals surface area contributed by atoms with Crippen LogP contribution in [0.2, 0.25) is 0 Å². The molecule has 0 saturated carbocycles. The molecule has 1 heterocycles. The number of nitrogens with zero attached hydrogens (tertiary/aromatic N) is 2. The molecule has 0 aliphatic rings. The second kappa shape index (κ2) is 3.87. The van der Waals surface area contributed by atoms with Crippen LogP contribution in [0, 0.1) is 0 Å². The Morgan fingerprint density at radius 3 is 2.82 bits per heavy atom. The molecule has 0 amide bonds. The topological polar surface area (TPSA) is 55.1 Å². The molecule has 0 spiro atoms. The zero-order valence-electron chi connectivity index (χ0n) is 6.58. The van der Waals surface area contributed by atoms with E-state index in [4.69, 9.17) is 5.11 Å². The van der Waals surface area contributed by atoms with Gasteiger partial charge in [0.05, 0.1) is 0 Å². The molecule has 0 fully saturated rings. The number of aryl methyl sites for hydroxylation is 1. The Kier molecular flexibility index (Phi) is 3.74. The minimum absolute atomic E-state index is 0. The zero-order chi connectivity index (χ0) is 7.72. The Morgan fingerprint density at radius 2 is 2.36 bits per heavy atom. The molecule has 0 aliphatic carbocycles. The van der Waals surface area contributed by atoms with Crippen LogP contribution in [0.15, 0.2) is 15.6 Å². The third-order valence-electron chi connectivity index (χ3n) is 1.02. The fourth-order valence-corrected chi connectivity index (χ4v) is 1.03. The maximum atomic E-state index is 10.8. The predicted molar refractivity (Wildman–Crippen MR) is 40.0 cm³/mol. The highest BCUT2D eigenvalue weighted by atomic mass is 79.9. The molecule has 0 atom stereocenters. The van der Waals surface area contributed by atoms with Gasteiger partial charge in [0, 0.05) is 13.2 Å². The predicted octanol–water partition coefficient (Wildman–Crippen LogP) is -2.64. The quantitative estimate of drug-likeness (QED) is 0.567. The molecule has 0 aromatic carbocycles. The maximum absolute atomic E-state index is 10.8. The fraction of sp³-hybridized carbons (Fsp3) is 0.200. The summed E-state index contributed by atoms with van der Waals surface area (Å²) in [5, 5.41) is 8.81. The Morgan fingerprint density at radius 1 is 1.82 bits per heavy atom. The summed E-state index contributed by atoms with van der Waals surface area (Å²) < 4.78 is 1.68. The first-order valence-corrected chi connectivity index (χ1v) is 3.32. The van der Waals surface area contributed by atoms with Crippen LogP contribution in [-0.2, 0) is 7.05 Å². The van der Waals surface area contributed by atoms with Gasteiger partial charge in [-0.1, -0.05) is 0 Å². The van der Waals surface area contributed by atoms with Crippen molar-refractivity contribution in [1.29, 1.82) is 0 Å². The standard InChI is InChI=1S/C5H5BrN2O2.BrH/c1-8-2-3(6)7-4(9)5(8)10;/h2H,1H3,(H,7,9);1H. The largest absolute Gasteiger partial charge is 1.00 e. The second-order valence-electron chi connectivity index (χ2n) is 1.80. The number of aromatic hydroxyl groups is 1. The summed E-state index contributed by atoms with van der Waals surface area (Å²) >= 11 is 3.02. The van der Waals surface area contributed by atoms with E-state index in [0.29, 0.717) is 4.60 Å². The van der Waals surface area contributed by atoms with Crippen LogP contribution in [-0.4, -0.2) is 14.7 Å². The third-order valence-corrected chi connectivity index (χ3v) is 1.41. The first-order chi connectivity index (χ1) is 4.61. The highest BCUT2D eigenvalue weighted by molar-refractivity contribution is 9.10. The molecular formula is C5H6Br2N2O2. The van der Waals surface area contributed by atoms with Gasteiger partial charge in [-0.2, -0.15) is 0 Å². The van der Waals surface area contributed by atoms with E-state index in [1.165, 1.54) is 17.8 Å². The van der Waals surface area contributed by atoms with Crippen molar-refractivity contribution in [3.63, 3.8) is 0 Å².